The van der Waals surface area contributed by atoms with Crippen molar-refractivity contribution in [3.63, 3.8) is 0 Å². The second-order valence-electron chi connectivity index (χ2n) is 7.96. The van der Waals surface area contributed by atoms with Gasteiger partial charge < -0.3 is 14.5 Å². The number of piperazine rings is 1. The molecule has 1 aliphatic heterocycles. The summed E-state index contributed by atoms with van der Waals surface area (Å²) in [5, 5.41) is 5.74. The van der Waals surface area contributed by atoms with Gasteiger partial charge in [0.15, 0.2) is 5.60 Å². The molecule has 9 nitrogen and oxygen atoms in total. The van der Waals surface area contributed by atoms with Gasteiger partial charge in [-0.25, -0.2) is 4.98 Å². The number of ether oxygens (including phenoxy) is 1. The average molecular weight is 477 g/mol. The summed E-state index contributed by atoms with van der Waals surface area (Å²) in [6.07, 6.45) is 1.65. The standard InChI is InChI=1S/C21H22Cl2N6O3/c1-13(30)32-21(2,3)18(31)27-8-10-28(11-9-27)20-25-19-24-7-6-17(29(19)26-20)15-12-14(22)4-5-16(15)23/h4-7,12H,8-11H2,1-3H3. The number of rotatable bonds is 4. The molecule has 1 aromatic carbocycles. The maximum Gasteiger partial charge on any atom is 0.303 e. The maximum absolute atomic E-state index is 12.8. The van der Waals surface area contributed by atoms with Crippen molar-refractivity contribution in [3.05, 3.63) is 40.5 Å². The summed E-state index contributed by atoms with van der Waals surface area (Å²) >= 11 is 12.5. The first kappa shape index (κ1) is 22.3. The van der Waals surface area contributed by atoms with Gasteiger partial charge in [-0.3, -0.25) is 9.59 Å². The van der Waals surface area contributed by atoms with Crippen LogP contribution < -0.4 is 4.90 Å². The Morgan fingerprint density at radius 1 is 1.09 bits per heavy atom. The SMILES string of the molecule is CC(=O)OC(C)(C)C(=O)N1CCN(c2nc3nccc(-c4cc(Cl)ccc4Cl)n3n2)CC1. The number of anilines is 1. The van der Waals surface area contributed by atoms with Gasteiger partial charge in [0, 0.05) is 49.9 Å². The topological polar surface area (TPSA) is 92.9 Å². The molecular formula is C21H22Cl2N6O3. The normalized spacial score (nSPS) is 14.7. The van der Waals surface area contributed by atoms with Crippen molar-refractivity contribution in [2.24, 2.45) is 0 Å². The number of aromatic nitrogens is 4. The first-order valence-electron chi connectivity index (χ1n) is 10.1. The van der Waals surface area contributed by atoms with Crippen molar-refractivity contribution in [2.45, 2.75) is 26.4 Å². The van der Waals surface area contributed by atoms with E-state index >= 15 is 0 Å². The van der Waals surface area contributed by atoms with Crippen LogP contribution in [-0.4, -0.2) is 68.1 Å². The molecule has 0 saturated carbocycles. The number of hydrogen-bond acceptors (Lipinski definition) is 7. The Kier molecular flexibility index (Phi) is 5.96. The van der Waals surface area contributed by atoms with E-state index in [2.05, 4.69) is 15.1 Å². The van der Waals surface area contributed by atoms with Crippen molar-refractivity contribution in [1.29, 1.82) is 0 Å². The number of esters is 1. The summed E-state index contributed by atoms with van der Waals surface area (Å²) < 4.78 is 6.81. The zero-order valence-corrected chi connectivity index (χ0v) is 19.4. The van der Waals surface area contributed by atoms with E-state index in [1.807, 2.05) is 4.90 Å². The minimum atomic E-state index is -1.20. The van der Waals surface area contributed by atoms with Crippen LogP contribution in [0, 0.1) is 0 Å². The molecule has 0 spiro atoms. The zero-order chi connectivity index (χ0) is 23.0. The number of carbonyl (C=O) groups is 2. The highest BCUT2D eigenvalue weighted by molar-refractivity contribution is 6.35. The highest BCUT2D eigenvalue weighted by atomic mass is 35.5. The lowest BCUT2D eigenvalue weighted by atomic mass is 10.1. The van der Waals surface area contributed by atoms with Crippen molar-refractivity contribution in [1.82, 2.24) is 24.5 Å². The summed E-state index contributed by atoms with van der Waals surface area (Å²) in [4.78, 5) is 36.6. The van der Waals surface area contributed by atoms with Crippen LogP contribution in [0.25, 0.3) is 17.0 Å². The van der Waals surface area contributed by atoms with E-state index in [0.717, 1.165) is 11.3 Å². The fourth-order valence-electron chi connectivity index (χ4n) is 3.71. The van der Waals surface area contributed by atoms with Crippen LogP contribution in [0.2, 0.25) is 10.0 Å². The van der Waals surface area contributed by atoms with Crippen molar-refractivity contribution in [2.75, 3.05) is 31.1 Å². The maximum atomic E-state index is 12.8. The number of nitrogens with zero attached hydrogens (tertiary/aromatic N) is 6. The number of fused-ring (bicyclic) bond motifs is 1. The highest BCUT2D eigenvalue weighted by Gasteiger charge is 2.36. The van der Waals surface area contributed by atoms with Crippen molar-refractivity contribution in [3.8, 4) is 11.3 Å². The molecule has 1 aliphatic rings. The molecule has 0 radical (unpaired) electrons. The third-order valence-electron chi connectivity index (χ3n) is 5.20. The Labute approximate surface area is 194 Å². The minimum Gasteiger partial charge on any atom is -0.450 e. The number of amides is 1. The van der Waals surface area contributed by atoms with Crippen molar-refractivity contribution < 1.29 is 14.3 Å². The lowest BCUT2D eigenvalue weighted by Gasteiger charge is -2.37. The predicted molar refractivity (Wildman–Crippen MR) is 121 cm³/mol. The molecule has 1 amide bonds. The molecule has 0 bridgehead atoms. The third kappa shape index (κ3) is 4.35. The molecule has 0 N–H and O–H groups in total. The Morgan fingerprint density at radius 3 is 2.50 bits per heavy atom. The van der Waals surface area contributed by atoms with Gasteiger partial charge in [0.2, 0.25) is 5.95 Å². The monoisotopic (exact) mass is 476 g/mol. The summed E-state index contributed by atoms with van der Waals surface area (Å²) in [6, 6.07) is 7.03. The Hall–Kier alpha value is -2.91. The second-order valence-corrected chi connectivity index (χ2v) is 8.80. The highest BCUT2D eigenvalue weighted by Crippen LogP contribution is 2.30. The quantitative estimate of drug-likeness (QED) is 0.534. The largest absolute Gasteiger partial charge is 0.450 e. The van der Waals surface area contributed by atoms with Gasteiger partial charge in [0.05, 0.1) is 10.7 Å². The predicted octanol–water partition coefficient (Wildman–Crippen LogP) is 3.09. The molecule has 1 saturated heterocycles. The van der Waals surface area contributed by atoms with Crippen LogP contribution in [0.3, 0.4) is 0 Å². The molecule has 32 heavy (non-hydrogen) atoms. The first-order chi connectivity index (χ1) is 15.2. The van der Waals surface area contributed by atoms with Gasteiger partial charge >= 0.3 is 5.97 Å². The first-order valence-corrected chi connectivity index (χ1v) is 10.8. The molecule has 11 heteroatoms. The molecule has 1 fully saturated rings. The van der Waals surface area contributed by atoms with E-state index in [9.17, 15) is 9.59 Å². The molecule has 168 valence electrons. The summed E-state index contributed by atoms with van der Waals surface area (Å²) in [7, 11) is 0. The summed E-state index contributed by atoms with van der Waals surface area (Å²) in [6.45, 7) is 6.47. The van der Waals surface area contributed by atoms with E-state index < -0.39 is 11.6 Å². The van der Waals surface area contributed by atoms with E-state index in [4.69, 9.17) is 27.9 Å². The van der Waals surface area contributed by atoms with E-state index in [1.165, 1.54) is 6.92 Å². The Balaban J connectivity index is 1.54. The fraction of sp³-hybridized carbons (Fsp3) is 0.381. The van der Waals surface area contributed by atoms with Gasteiger partial charge in [0.1, 0.15) is 0 Å². The van der Waals surface area contributed by atoms with Gasteiger partial charge in [0.25, 0.3) is 11.7 Å². The number of hydrogen-bond donors (Lipinski definition) is 0. The minimum absolute atomic E-state index is 0.227. The molecule has 0 atom stereocenters. The molecule has 0 aliphatic carbocycles. The van der Waals surface area contributed by atoms with E-state index in [-0.39, 0.29) is 5.91 Å². The zero-order valence-electron chi connectivity index (χ0n) is 17.9. The molecular weight excluding hydrogens is 455 g/mol. The molecule has 3 aromatic rings. The van der Waals surface area contributed by atoms with E-state index in [1.54, 1.807) is 53.7 Å². The van der Waals surface area contributed by atoms with Gasteiger partial charge in [-0.15, -0.1) is 5.10 Å². The fourth-order valence-corrected chi connectivity index (χ4v) is 4.09. The molecule has 4 rings (SSSR count). The molecule has 2 aromatic heterocycles. The second kappa shape index (κ2) is 8.55. The van der Waals surface area contributed by atoms with Gasteiger partial charge in [-0.1, -0.05) is 23.2 Å². The van der Waals surface area contributed by atoms with Crippen molar-refractivity contribution >= 4 is 46.8 Å². The molecule has 0 unspecified atom stereocenters. The summed E-state index contributed by atoms with van der Waals surface area (Å²) in [5.74, 6) is 0.228. The smallest absolute Gasteiger partial charge is 0.303 e. The third-order valence-corrected chi connectivity index (χ3v) is 5.76. The molecule has 3 heterocycles. The average Bonchev–Trinajstić information content (AvgIpc) is 3.18. The van der Waals surface area contributed by atoms with Crippen LogP contribution in [0.5, 0.6) is 0 Å². The Morgan fingerprint density at radius 2 is 1.81 bits per heavy atom. The Bertz CT molecular complexity index is 1190. The van der Waals surface area contributed by atoms with Crippen LogP contribution in [0.15, 0.2) is 30.5 Å². The van der Waals surface area contributed by atoms with Gasteiger partial charge in [-0.2, -0.15) is 9.50 Å². The lowest BCUT2D eigenvalue weighted by Crippen LogP contribution is -2.55. The summed E-state index contributed by atoms with van der Waals surface area (Å²) in [5.41, 5.74) is 0.244. The number of carbonyl (C=O) groups excluding carboxylic acids is 2. The van der Waals surface area contributed by atoms with Crippen LogP contribution >= 0.6 is 23.2 Å². The number of benzene rings is 1. The van der Waals surface area contributed by atoms with E-state index in [0.29, 0.717) is 48.0 Å². The van der Waals surface area contributed by atoms with Gasteiger partial charge in [-0.05, 0) is 38.1 Å². The van der Waals surface area contributed by atoms with Crippen LogP contribution in [0.4, 0.5) is 5.95 Å². The van der Waals surface area contributed by atoms with Crippen LogP contribution in [-0.2, 0) is 14.3 Å². The van der Waals surface area contributed by atoms with Crippen LogP contribution in [0.1, 0.15) is 20.8 Å². The number of halogens is 2. The lowest BCUT2D eigenvalue weighted by molar-refractivity contribution is -0.168.